The monoisotopic (exact) mass is 387 g/mol. The Kier molecular flexibility index (Phi) is 7.13. The van der Waals surface area contributed by atoms with Crippen molar-refractivity contribution in [3.63, 3.8) is 0 Å². The number of fused-ring (bicyclic) bond motifs is 1. The number of nitrogens with zero attached hydrogens (tertiary/aromatic N) is 1. The van der Waals surface area contributed by atoms with Gasteiger partial charge in [0.25, 0.3) is 0 Å². The second kappa shape index (κ2) is 9.54. The van der Waals surface area contributed by atoms with Crippen LogP contribution >= 0.6 is 11.3 Å². The fraction of sp³-hybridized carbons (Fsp3) is 0.211. The van der Waals surface area contributed by atoms with Crippen LogP contribution in [0.25, 0.3) is 10.1 Å². The second-order valence-corrected chi connectivity index (χ2v) is 6.86. The third-order valence-corrected chi connectivity index (χ3v) is 4.60. The Balaban J connectivity index is 0.000000199. The van der Waals surface area contributed by atoms with Crippen molar-refractivity contribution in [2.75, 3.05) is 10.6 Å². The van der Waals surface area contributed by atoms with Gasteiger partial charge in [-0.1, -0.05) is 24.3 Å². The molecular weight excluding hydrogens is 366 g/mol. The number of carbonyl (C=O) groups is 2. The normalized spacial score (nSPS) is 12.4. The molecule has 2 unspecified atom stereocenters. The summed E-state index contributed by atoms with van der Waals surface area (Å²) >= 11 is 1.57. The van der Waals surface area contributed by atoms with E-state index in [2.05, 4.69) is 15.6 Å². The van der Waals surface area contributed by atoms with Gasteiger partial charge in [-0.05, 0) is 43.5 Å². The molecule has 0 aliphatic rings. The largest absolute Gasteiger partial charge is 0.480 e. The van der Waals surface area contributed by atoms with Gasteiger partial charge in [0.15, 0.2) is 0 Å². The van der Waals surface area contributed by atoms with E-state index in [0.717, 1.165) is 15.1 Å². The molecule has 0 saturated heterocycles. The standard InChI is InChI=1S/C11H11NO2S.C8H10N2O2/c1-7(11(13)14)12-10-6-8-4-2-3-5-9(8)15-10;1-6(8(11)12)10-7-4-2-3-5-9-7/h2-7,12H,1H3,(H,13,14);2-6H,1H3,(H,9,10)(H,11,12). The highest BCUT2D eigenvalue weighted by Gasteiger charge is 2.11. The summed E-state index contributed by atoms with van der Waals surface area (Å²) in [5, 5.41) is 25.0. The second-order valence-electron chi connectivity index (χ2n) is 5.77. The maximum atomic E-state index is 10.7. The molecule has 1 aromatic carbocycles. The van der Waals surface area contributed by atoms with Gasteiger partial charge in [-0.2, -0.15) is 0 Å². The minimum atomic E-state index is -0.888. The van der Waals surface area contributed by atoms with E-state index in [4.69, 9.17) is 10.2 Å². The van der Waals surface area contributed by atoms with Crippen LogP contribution in [0.3, 0.4) is 0 Å². The Morgan fingerprint density at radius 3 is 2.19 bits per heavy atom. The molecule has 2 atom stereocenters. The summed E-state index contributed by atoms with van der Waals surface area (Å²) in [6.45, 7) is 3.20. The number of aromatic nitrogens is 1. The van der Waals surface area contributed by atoms with Crippen LogP contribution in [0.15, 0.2) is 54.7 Å². The van der Waals surface area contributed by atoms with Crippen LogP contribution in [-0.2, 0) is 9.59 Å². The van der Waals surface area contributed by atoms with Gasteiger partial charge in [-0.15, -0.1) is 11.3 Å². The molecule has 4 N–H and O–H groups in total. The zero-order chi connectivity index (χ0) is 19.8. The Morgan fingerprint density at radius 1 is 0.963 bits per heavy atom. The Bertz CT molecular complexity index is 865. The third kappa shape index (κ3) is 6.27. The maximum Gasteiger partial charge on any atom is 0.325 e. The smallest absolute Gasteiger partial charge is 0.325 e. The van der Waals surface area contributed by atoms with E-state index in [0.29, 0.717) is 5.82 Å². The van der Waals surface area contributed by atoms with Gasteiger partial charge < -0.3 is 20.8 Å². The van der Waals surface area contributed by atoms with E-state index in [1.54, 1.807) is 49.6 Å². The average molecular weight is 387 g/mol. The quantitative estimate of drug-likeness (QED) is 0.509. The number of aliphatic carboxylic acids is 2. The van der Waals surface area contributed by atoms with E-state index in [1.165, 1.54) is 0 Å². The average Bonchev–Trinajstić information content (AvgIpc) is 3.05. The molecule has 0 spiro atoms. The lowest BCUT2D eigenvalue weighted by Crippen LogP contribution is -2.25. The highest BCUT2D eigenvalue weighted by molar-refractivity contribution is 7.22. The van der Waals surface area contributed by atoms with Crippen LogP contribution in [0, 0.1) is 0 Å². The third-order valence-electron chi connectivity index (χ3n) is 3.55. The van der Waals surface area contributed by atoms with Gasteiger partial charge in [0, 0.05) is 10.9 Å². The first-order valence-corrected chi connectivity index (χ1v) is 9.06. The van der Waals surface area contributed by atoms with Gasteiger partial charge in [0.1, 0.15) is 17.9 Å². The Hall–Kier alpha value is -3.13. The summed E-state index contributed by atoms with van der Waals surface area (Å²) in [5.41, 5.74) is 0. The summed E-state index contributed by atoms with van der Waals surface area (Å²) in [4.78, 5) is 25.0. The fourth-order valence-corrected chi connectivity index (χ4v) is 3.11. The number of thiophene rings is 1. The number of carboxylic acid groups (broad SMARTS) is 2. The van der Waals surface area contributed by atoms with Crippen molar-refractivity contribution in [1.82, 2.24) is 4.98 Å². The van der Waals surface area contributed by atoms with Crippen LogP contribution in [0.2, 0.25) is 0 Å². The molecule has 0 saturated carbocycles. The highest BCUT2D eigenvalue weighted by Crippen LogP contribution is 2.29. The van der Waals surface area contributed by atoms with Gasteiger partial charge in [0.05, 0.1) is 5.00 Å². The van der Waals surface area contributed by atoms with E-state index in [1.807, 2.05) is 30.3 Å². The number of anilines is 2. The van der Waals surface area contributed by atoms with Crippen molar-refractivity contribution in [2.45, 2.75) is 25.9 Å². The number of carboxylic acids is 2. The lowest BCUT2D eigenvalue weighted by Gasteiger charge is -2.08. The first kappa shape index (κ1) is 20.2. The van der Waals surface area contributed by atoms with Crippen LogP contribution in [0.5, 0.6) is 0 Å². The molecule has 2 aromatic heterocycles. The number of pyridine rings is 1. The molecule has 0 amide bonds. The molecule has 0 bridgehead atoms. The number of hydrogen-bond acceptors (Lipinski definition) is 6. The first-order valence-electron chi connectivity index (χ1n) is 8.25. The van der Waals surface area contributed by atoms with E-state index < -0.39 is 24.0 Å². The zero-order valence-corrected chi connectivity index (χ0v) is 15.7. The summed E-state index contributed by atoms with van der Waals surface area (Å²) in [7, 11) is 0. The predicted molar refractivity (Wildman–Crippen MR) is 108 cm³/mol. The number of hydrogen-bond donors (Lipinski definition) is 4. The number of benzene rings is 1. The first-order chi connectivity index (χ1) is 12.9. The van der Waals surface area contributed by atoms with Crippen LogP contribution in [0.1, 0.15) is 13.8 Å². The van der Waals surface area contributed by atoms with Gasteiger partial charge >= 0.3 is 11.9 Å². The minimum absolute atomic E-state index is 0.557. The SMILES string of the molecule is CC(Nc1cc2ccccc2s1)C(=O)O.CC(Nc1ccccn1)C(=O)O. The molecule has 0 aliphatic carbocycles. The predicted octanol–water partition coefficient (Wildman–Crippen LogP) is 3.75. The summed E-state index contributed by atoms with van der Waals surface area (Å²) < 4.78 is 1.16. The van der Waals surface area contributed by atoms with E-state index >= 15 is 0 Å². The number of nitrogens with one attached hydrogen (secondary N) is 2. The molecule has 3 aromatic rings. The Labute approximate surface area is 160 Å². The zero-order valence-electron chi connectivity index (χ0n) is 14.9. The summed E-state index contributed by atoms with van der Waals surface area (Å²) in [6, 6.07) is 14.1. The van der Waals surface area contributed by atoms with Crippen LogP contribution in [0.4, 0.5) is 10.8 Å². The fourth-order valence-electron chi connectivity index (χ4n) is 2.06. The summed E-state index contributed by atoms with van der Waals surface area (Å²) in [6.07, 6.45) is 1.61. The molecule has 3 rings (SSSR count). The van der Waals surface area contributed by atoms with Crippen molar-refractivity contribution in [2.24, 2.45) is 0 Å². The van der Waals surface area contributed by atoms with Crippen molar-refractivity contribution in [3.05, 3.63) is 54.7 Å². The lowest BCUT2D eigenvalue weighted by molar-refractivity contribution is -0.138. The molecule has 0 aliphatic heterocycles. The Morgan fingerprint density at radius 2 is 1.59 bits per heavy atom. The van der Waals surface area contributed by atoms with Crippen molar-refractivity contribution >= 4 is 44.2 Å². The maximum absolute atomic E-state index is 10.7. The van der Waals surface area contributed by atoms with Crippen molar-refractivity contribution in [1.29, 1.82) is 0 Å². The molecule has 142 valence electrons. The topological polar surface area (TPSA) is 112 Å². The van der Waals surface area contributed by atoms with Crippen molar-refractivity contribution < 1.29 is 19.8 Å². The van der Waals surface area contributed by atoms with Gasteiger partial charge in [0.2, 0.25) is 0 Å². The highest BCUT2D eigenvalue weighted by atomic mass is 32.1. The molecular formula is C19H21N3O4S. The van der Waals surface area contributed by atoms with E-state index in [9.17, 15) is 9.59 Å². The molecule has 0 fully saturated rings. The van der Waals surface area contributed by atoms with Gasteiger partial charge in [-0.25, -0.2) is 4.98 Å². The molecule has 7 nitrogen and oxygen atoms in total. The molecule has 8 heteroatoms. The molecule has 27 heavy (non-hydrogen) atoms. The number of rotatable bonds is 6. The van der Waals surface area contributed by atoms with Crippen molar-refractivity contribution in [3.8, 4) is 0 Å². The minimum Gasteiger partial charge on any atom is -0.480 e. The summed E-state index contributed by atoms with van der Waals surface area (Å²) in [5.74, 6) is -1.15. The van der Waals surface area contributed by atoms with Crippen LogP contribution < -0.4 is 10.6 Å². The van der Waals surface area contributed by atoms with Crippen LogP contribution in [-0.4, -0.2) is 39.2 Å². The van der Waals surface area contributed by atoms with E-state index in [-0.39, 0.29) is 0 Å². The molecule has 2 heterocycles. The van der Waals surface area contributed by atoms with Gasteiger partial charge in [-0.3, -0.25) is 9.59 Å². The molecule has 0 radical (unpaired) electrons. The lowest BCUT2D eigenvalue weighted by atomic mass is 10.2.